The third-order valence-corrected chi connectivity index (χ3v) is 4.03. The predicted molar refractivity (Wildman–Crippen MR) is 77.4 cm³/mol. The molecule has 1 N–H and O–H groups in total. The van der Waals surface area contributed by atoms with Gasteiger partial charge in [-0.05, 0) is 36.9 Å². The summed E-state index contributed by atoms with van der Waals surface area (Å²) in [6, 6.07) is 8.92. The Kier molecular flexibility index (Phi) is 4.16. The fourth-order valence-electron chi connectivity index (χ4n) is 2.91. The number of hydrogen-bond acceptors (Lipinski definition) is 3. The van der Waals surface area contributed by atoms with Crippen LogP contribution in [0.15, 0.2) is 24.3 Å². The van der Waals surface area contributed by atoms with E-state index < -0.39 is 0 Å². The van der Waals surface area contributed by atoms with Crippen LogP contribution >= 0.6 is 0 Å². The highest BCUT2D eigenvalue weighted by molar-refractivity contribution is 5.33. The molecule has 3 heteroatoms. The van der Waals surface area contributed by atoms with Crippen LogP contribution in [0.25, 0.3) is 0 Å². The fourth-order valence-corrected chi connectivity index (χ4v) is 2.91. The Bertz CT molecular complexity index is 411. The van der Waals surface area contributed by atoms with Crippen LogP contribution in [0.5, 0.6) is 0 Å². The molecule has 1 aromatic rings. The number of nitrogens with zero attached hydrogens (tertiary/aromatic N) is 1. The maximum absolute atomic E-state index is 5.77. The average Bonchev–Trinajstić information content (AvgIpc) is 3.25. The molecule has 1 unspecified atom stereocenters. The van der Waals surface area contributed by atoms with E-state index in [2.05, 4.69) is 41.5 Å². The van der Waals surface area contributed by atoms with Crippen molar-refractivity contribution in [2.45, 2.75) is 31.4 Å². The number of rotatable bonds is 5. The number of nitrogens with one attached hydrogen (secondary N) is 1. The minimum absolute atomic E-state index is 0.340. The van der Waals surface area contributed by atoms with Gasteiger partial charge in [-0.25, -0.2) is 0 Å². The highest BCUT2D eigenvalue weighted by Gasteiger charge is 2.26. The smallest absolute Gasteiger partial charge is 0.0826 e. The third-order valence-electron chi connectivity index (χ3n) is 4.03. The normalized spacial score (nSPS) is 23.8. The summed E-state index contributed by atoms with van der Waals surface area (Å²) >= 11 is 0. The van der Waals surface area contributed by atoms with Gasteiger partial charge in [-0.1, -0.05) is 24.3 Å². The molecule has 19 heavy (non-hydrogen) atoms. The zero-order valence-electron chi connectivity index (χ0n) is 11.8. The molecule has 1 atom stereocenters. The molecule has 0 amide bonds. The van der Waals surface area contributed by atoms with Gasteiger partial charge in [0.1, 0.15) is 0 Å². The SMILES string of the molecule is CN(Cc1ccccc1C1CC1)CC1CNCCO1. The van der Waals surface area contributed by atoms with Gasteiger partial charge in [0.05, 0.1) is 12.7 Å². The molecule has 1 saturated heterocycles. The monoisotopic (exact) mass is 260 g/mol. The number of morpholine rings is 1. The lowest BCUT2D eigenvalue weighted by atomic mass is 10.0. The molecule has 3 rings (SSSR count). The van der Waals surface area contributed by atoms with E-state index in [0.717, 1.165) is 38.7 Å². The molecule has 2 aliphatic rings. The van der Waals surface area contributed by atoms with E-state index in [1.54, 1.807) is 5.56 Å². The van der Waals surface area contributed by atoms with Crippen LogP contribution in [-0.4, -0.2) is 44.3 Å². The van der Waals surface area contributed by atoms with Crippen LogP contribution in [-0.2, 0) is 11.3 Å². The lowest BCUT2D eigenvalue weighted by Crippen LogP contribution is -2.44. The summed E-state index contributed by atoms with van der Waals surface area (Å²) in [6.45, 7) is 4.86. The lowest BCUT2D eigenvalue weighted by Gasteiger charge is -2.28. The van der Waals surface area contributed by atoms with Crippen LogP contribution in [0, 0.1) is 0 Å². The highest BCUT2D eigenvalue weighted by Crippen LogP contribution is 2.41. The van der Waals surface area contributed by atoms with Crippen LogP contribution in [0.1, 0.15) is 29.9 Å². The van der Waals surface area contributed by atoms with Crippen molar-refractivity contribution in [2.24, 2.45) is 0 Å². The summed E-state index contributed by atoms with van der Waals surface area (Å²) in [5.74, 6) is 0.831. The first-order valence-electron chi connectivity index (χ1n) is 7.41. The van der Waals surface area contributed by atoms with E-state index in [4.69, 9.17) is 4.74 Å². The van der Waals surface area contributed by atoms with Crippen molar-refractivity contribution in [3.63, 3.8) is 0 Å². The van der Waals surface area contributed by atoms with Crippen molar-refractivity contribution < 1.29 is 4.74 Å². The molecule has 1 heterocycles. The first-order chi connectivity index (χ1) is 9.33. The van der Waals surface area contributed by atoms with Gasteiger partial charge in [-0.2, -0.15) is 0 Å². The van der Waals surface area contributed by atoms with E-state index in [9.17, 15) is 0 Å². The molecular formula is C16H24N2O. The van der Waals surface area contributed by atoms with E-state index in [1.807, 2.05) is 0 Å². The summed E-state index contributed by atoms with van der Waals surface area (Å²) < 4.78 is 5.77. The average molecular weight is 260 g/mol. The summed E-state index contributed by atoms with van der Waals surface area (Å²) in [4.78, 5) is 2.39. The second kappa shape index (κ2) is 6.04. The van der Waals surface area contributed by atoms with Crippen LogP contribution in [0.2, 0.25) is 0 Å². The first kappa shape index (κ1) is 13.1. The lowest BCUT2D eigenvalue weighted by molar-refractivity contribution is 0.00881. The van der Waals surface area contributed by atoms with Crippen LogP contribution < -0.4 is 5.32 Å². The number of benzene rings is 1. The molecular weight excluding hydrogens is 236 g/mol. The molecule has 1 aliphatic heterocycles. The number of ether oxygens (including phenoxy) is 1. The van der Waals surface area contributed by atoms with Crippen molar-refractivity contribution >= 4 is 0 Å². The van der Waals surface area contributed by atoms with Crippen molar-refractivity contribution in [3.8, 4) is 0 Å². The number of likely N-dealkylation sites (N-methyl/N-ethyl adjacent to an activating group) is 1. The molecule has 104 valence electrons. The molecule has 0 bridgehead atoms. The maximum atomic E-state index is 5.77. The van der Waals surface area contributed by atoms with Gasteiger partial charge in [-0.3, -0.25) is 4.90 Å². The molecule has 0 radical (unpaired) electrons. The molecule has 1 aromatic carbocycles. The van der Waals surface area contributed by atoms with Crippen molar-refractivity contribution in [3.05, 3.63) is 35.4 Å². The van der Waals surface area contributed by atoms with Gasteiger partial charge in [0, 0.05) is 26.2 Å². The Morgan fingerprint density at radius 3 is 2.89 bits per heavy atom. The quantitative estimate of drug-likeness (QED) is 0.876. The molecule has 1 aliphatic carbocycles. The fraction of sp³-hybridized carbons (Fsp3) is 0.625. The standard InChI is InChI=1S/C16H24N2O/c1-18(12-15-10-17-8-9-19-15)11-14-4-2-3-5-16(14)13-6-7-13/h2-5,13,15,17H,6-12H2,1H3. The topological polar surface area (TPSA) is 24.5 Å². The van der Waals surface area contributed by atoms with Gasteiger partial charge >= 0.3 is 0 Å². The van der Waals surface area contributed by atoms with E-state index in [0.29, 0.717) is 6.10 Å². The summed E-state index contributed by atoms with van der Waals surface area (Å²) in [6.07, 6.45) is 3.08. The zero-order chi connectivity index (χ0) is 13.1. The molecule has 1 saturated carbocycles. The Morgan fingerprint density at radius 2 is 2.16 bits per heavy atom. The van der Waals surface area contributed by atoms with Crippen molar-refractivity contribution in [2.75, 3.05) is 33.3 Å². The molecule has 2 fully saturated rings. The van der Waals surface area contributed by atoms with E-state index >= 15 is 0 Å². The Morgan fingerprint density at radius 1 is 1.32 bits per heavy atom. The second-order valence-corrected chi connectivity index (χ2v) is 5.87. The summed E-state index contributed by atoms with van der Waals surface area (Å²) in [5.41, 5.74) is 3.06. The van der Waals surface area contributed by atoms with Gasteiger partial charge in [0.15, 0.2) is 0 Å². The van der Waals surface area contributed by atoms with Gasteiger partial charge in [-0.15, -0.1) is 0 Å². The van der Waals surface area contributed by atoms with Gasteiger partial charge in [0.2, 0.25) is 0 Å². The first-order valence-corrected chi connectivity index (χ1v) is 7.41. The van der Waals surface area contributed by atoms with Crippen molar-refractivity contribution in [1.82, 2.24) is 10.2 Å². The summed E-state index contributed by atoms with van der Waals surface area (Å²) in [5, 5.41) is 3.39. The Hall–Kier alpha value is -0.900. The third kappa shape index (κ3) is 3.56. The number of hydrogen-bond donors (Lipinski definition) is 1. The largest absolute Gasteiger partial charge is 0.374 e. The van der Waals surface area contributed by atoms with Gasteiger partial charge < -0.3 is 10.1 Å². The molecule has 0 spiro atoms. The van der Waals surface area contributed by atoms with Gasteiger partial charge in [0.25, 0.3) is 0 Å². The molecule has 3 nitrogen and oxygen atoms in total. The summed E-state index contributed by atoms with van der Waals surface area (Å²) in [7, 11) is 2.20. The Balaban J connectivity index is 1.57. The maximum Gasteiger partial charge on any atom is 0.0826 e. The molecule has 0 aromatic heterocycles. The van der Waals surface area contributed by atoms with Crippen molar-refractivity contribution in [1.29, 1.82) is 0 Å². The highest BCUT2D eigenvalue weighted by atomic mass is 16.5. The van der Waals surface area contributed by atoms with E-state index in [-0.39, 0.29) is 0 Å². The minimum Gasteiger partial charge on any atom is -0.374 e. The second-order valence-electron chi connectivity index (χ2n) is 5.87. The zero-order valence-corrected chi connectivity index (χ0v) is 11.8. The minimum atomic E-state index is 0.340. The van der Waals surface area contributed by atoms with Crippen LogP contribution in [0.3, 0.4) is 0 Å². The Labute approximate surface area is 115 Å². The van der Waals surface area contributed by atoms with E-state index in [1.165, 1.54) is 18.4 Å². The van der Waals surface area contributed by atoms with Crippen LogP contribution in [0.4, 0.5) is 0 Å². The predicted octanol–water partition coefficient (Wildman–Crippen LogP) is 1.98.